The van der Waals surface area contributed by atoms with Crippen LogP contribution in [0, 0.1) is 6.92 Å². The normalized spacial score (nSPS) is 18.2. The van der Waals surface area contributed by atoms with Gasteiger partial charge in [-0.1, -0.05) is 37.3 Å². The minimum absolute atomic E-state index is 0.255. The molecule has 21 heavy (non-hydrogen) atoms. The third kappa shape index (κ3) is 2.76. The van der Waals surface area contributed by atoms with E-state index in [1.54, 1.807) is 0 Å². The molecule has 3 rings (SSSR count). The van der Waals surface area contributed by atoms with Gasteiger partial charge in [-0.3, -0.25) is 0 Å². The molecule has 1 saturated heterocycles. The fourth-order valence-corrected chi connectivity index (χ4v) is 2.95. The predicted octanol–water partition coefficient (Wildman–Crippen LogP) is 2.55. The minimum Gasteiger partial charge on any atom is -0.355 e. The van der Waals surface area contributed by atoms with Crippen molar-refractivity contribution in [3.8, 4) is 11.4 Å². The van der Waals surface area contributed by atoms with Crippen LogP contribution in [-0.4, -0.2) is 29.1 Å². The number of aryl methyl sites for hydroxylation is 1. The Morgan fingerprint density at radius 3 is 2.62 bits per heavy atom. The largest absolute Gasteiger partial charge is 0.355 e. The second-order valence-electron chi connectivity index (χ2n) is 5.65. The molecule has 1 aromatic heterocycles. The van der Waals surface area contributed by atoms with Gasteiger partial charge >= 0.3 is 0 Å². The number of aromatic nitrogens is 2. The van der Waals surface area contributed by atoms with E-state index in [0.717, 1.165) is 48.8 Å². The van der Waals surface area contributed by atoms with Gasteiger partial charge in [0.25, 0.3) is 0 Å². The summed E-state index contributed by atoms with van der Waals surface area (Å²) in [4.78, 5) is 11.9. The minimum atomic E-state index is 0.255. The molecule has 1 atom stereocenters. The summed E-state index contributed by atoms with van der Waals surface area (Å²) in [7, 11) is 0. The zero-order valence-corrected chi connectivity index (χ0v) is 12.7. The lowest BCUT2D eigenvalue weighted by molar-refractivity contribution is 0.750. The maximum atomic E-state index is 6.06. The fraction of sp³-hybridized carbons (Fsp3) is 0.412. The van der Waals surface area contributed by atoms with Crippen LogP contribution in [0.15, 0.2) is 30.3 Å². The lowest BCUT2D eigenvalue weighted by Gasteiger charge is -2.22. The molecule has 0 amide bonds. The van der Waals surface area contributed by atoms with Crippen molar-refractivity contribution in [2.75, 3.05) is 18.0 Å². The Labute approximate surface area is 126 Å². The van der Waals surface area contributed by atoms with Gasteiger partial charge in [0, 0.05) is 36.0 Å². The van der Waals surface area contributed by atoms with Crippen LogP contribution in [0.4, 0.5) is 5.82 Å². The Kier molecular flexibility index (Phi) is 3.88. The molecule has 2 heterocycles. The Bertz CT molecular complexity index is 624. The van der Waals surface area contributed by atoms with E-state index < -0.39 is 0 Å². The van der Waals surface area contributed by atoms with Gasteiger partial charge in [-0.2, -0.15) is 0 Å². The molecule has 2 N–H and O–H groups in total. The molecule has 4 nitrogen and oxygen atoms in total. The Morgan fingerprint density at radius 1 is 1.24 bits per heavy atom. The van der Waals surface area contributed by atoms with E-state index in [1.165, 1.54) is 5.56 Å². The molecule has 0 saturated carbocycles. The quantitative estimate of drug-likeness (QED) is 0.940. The van der Waals surface area contributed by atoms with E-state index in [2.05, 4.69) is 30.9 Å². The molecule has 4 heteroatoms. The third-order valence-electron chi connectivity index (χ3n) is 4.10. The number of nitrogens with zero attached hydrogens (tertiary/aromatic N) is 3. The zero-order chi connectivity index (χ0) is 14.8. The number of rotatable bonds is 3. The summed E-state index contributed by atoms with van der Waals surface area (Å²) >= 11 is 0. The van der Waals surface area contributed by atoms with Crippen molar-refractivity contribution in [1.82, 2.24) is 9.97 Å². The molecule has 110 valence electrons. The van der Waals surface area contributed by atoms with Crippen molar-refractivity contribution in [3.63, 3.8) is 0 Å². The smallest absolute Gasteiger partial charge is 0.161 e. The highest BCUT2D eigenvalue weighted by Gasteiger charge is 2.24. The van der Waals surface area contributed by atoms with E-state index in [4.69, 9.17) is 15.7 Å². The van der Waals surface area contributed by atoms with Gasteiger partial charge in [0.2, 0.25) is 0 Å². The summed E-state index contributed by atoms with van der Waals surface area (Å²) < 4.78 is 0. The monoisotopic (exact) mass is 282 g/mol. The Hall–Kier alpha value is -1.94. The van der Waals surface area contributed by atoms with Gasteiger partial charge in [0.05, 0.1) is 0 Å². The molecule has 2 aromatic rings. The molecule has 0 spiro atoms. The van der Waals surface area contributed by atoms with E-state index in [1.807, 2.05) is 18.2 Å². The van der Waals surface area contributed by atoms with Gasteiger partial charge in [-0.15, -0.1) is 0 Å². The first-order chi connectivity index (χ1) is 10.2. The van der Waals surface area contributed by atoms with Gasteiger partial charge in [-0.05, 0) is 19.8 Å². The van der Waals surface area contributed by atoms with Gasteiger partial charge in [0.1, 0.15) is 5.82 Å². The van der Waals surface area contributed by atoms with Gasteiger partial charge in [-0.25, -0.2) is 9.97 Å². The second-order valence-corrected chi connectivity index (χ2v) is 5.65. The lowest BCUT2D eigenvalue weighted by Crippen LogP contribution is -2.28. The van der Waals surface area contributed by atoms with Crippen LogP contribution in [0.3, 0.4) is 0 Å². The van der Waals surface area contributed by atoms with Gasteiger partial charge in [0.15, 0.2) is 5.82 Å². The number of benzene rings is 1. The SMILES string of the molecule is CCc1c(C)nc(-c2ccccc2)nc1N1CCC(N)C1. The number of anilines is 1. The first kappa shape index (κ1) is 14.0. The molecular formula is C17H22N4. The van der Waals surface area contributed by atoms with E-state index >= 15 is 0 Å². The fourth-order valence-electron chi connectivity index (χ4n) is 2.95. The van der Waals surface area contributed by atoms with E-state index in [9.17, 15) is 0 Å². The molecular weight excluding hydrogens is 260 g/mol. The van der Waals surface area contributed by atoms with Crippen LogP contribution in [0.1, 0.15) is 24.6 Å². The number of nitrogens with two attached hydrogens (primary N) is 1. The van der Waals surface area contributed by atoms with Crippen LogP contribution in [0.2, 0.25) is 0 Å². The zero-order valence-electron chi connectivity index (χ0n) is 12.7. The average molecular weight is 282 g/mol. The summed E-state index contributed by atoms with van der Waals surface area (Å²) in [5, 5.41) is 0. The highest BCUT2D eigenvalue weighted by Crippen LogP contribution is 2.27. The van der Waals surface area contributed by atoms with Crippen LogP contribution < -0.4 is 10.6 Å². The summed E-state index contributed by atoms with van der Waals surface area (Å²) in [6, 6.07) is 10.4. The Balaban J connectivity index is 2.07. The first-order valence-electron chi connectivity index (χ1n) is 7.62. The standard InChI is InChI=1S/C17H22N4/c1-3-15-12(2)19-16(13-7-5-4-6-8-13)20-17(15)21-10-9-14(18)11-21/h4-8,14H,3,9-11,18H2,1-2H3. The maximum Gasteiger partial charge on any atom is 0.161 e. The average Bonchev–Trinajstić information content (AvgIpc) is 2.94. The van der Waals surface area contributed by atoms with Crippen molar-refractivity contribution in [1.29, 1.82) is 0 Å². The topological polar surface area (TPSA) is 55.0 Å². The molecule has 1 aliphatic rings. The van der Waals surface area contributed by atoms with Crippen LogP contribution >= 0.6 is 0 Å². The van der Waals surface area contributed by atoms with Crippen LogP contribution in [0.5, 0.6) is 0 Å². The summed E-state index contributed by atoms with van der Waals surface area (Å²) in [6.45, 7) is 6.11. The molecule has 0 bridgehead atoms. The molecule has 1 aromatic carbocycles. The summed E-state index contributed by atoms with van der Waals surface area (Å²) in [5.41, 5.74) is 9.43. The summed E-state index contributed by atoms with van der Waals surface area (Å²) in [6.07, 6.45) is 1.98. The van der Waals surface area contributed by atoms with Crippen LogP contribution in [-0.2, 0) is 6.42 Å². The van der Waals surface area contributed by atoms with Crippen LogP contribution in [0.25, 0.3) is 11.4 Å². The van der Waals surface area contributed by atoms with Crippen molar-refractivity contribution < 1.29 is 0 Å². The highest BCUT2D eigenvalue weighted by molar-refractivity contribution is 5.61. The van der Waals surface area contributed by atoms with E-state index in [-0.39, 0.29) is 6.04 Å². The highest BCUT2D eigenvalue weighted by atomic mass is 15.2. The number of hydrogen-bond acceptors (Lipinski definition) is 4. The summed E-state index contributed by atoms with van der Waals surface area (Å²) in [5.74, 6) is 1.87. The molecule has 1 aliphatic heterocycles. The second kappa shape index (κ2) is 5.82. The van der Waals surface area contributed by atoms with Crippen molar-refractivity contribution in [3.05, 3.63) is 41.6 Å². The van der Waals surface area contributed by atoms with Gasteiger partial charge < -0.3 is 10.6 Å². The Morgan fingerprint density at radius 2 is 2.00 bits per heavy atom. The van der Waals surface area contributed by atoms with Crippen molar-refractivity contribution in [2.45, 2.75) is 32.7 Å². The maximum absolute atomic E-state index is 6.06. The number of hydrogen-bond donors (Lipinski definition) is 1. The molecule has 1 unspecified atom stereocenters. The van der Waals surface area contributed by atoms with Crippen molar-refractivity contribution >= 4 is 5.82 Å². The molecule has 0 radical (unpaired) electrons. The predicted molar refractivity (Wildman–Crippen MR) is 86.4 cm³/mol. The first-order valence-corrected chi connectivity index (χ1v) is 7.62. The molecule has 1 fully saturated rings. The van der Waals surface area contributed by atoms with E-state index in [0.29, 0.717) is 0 Å². The van der Waals surface area contributed by atoms with Crippen molar-refractivity contribution in [2.24, 2.45) is 5.73 Å². The molecule has 0 aliphatic carbocycles. The third-order valence-corrected chi connectivity index (χ3v) is 4.10. The lowest BCUT2D eigenvalue weighted by atomic mass is 10.1.